The van der Waals surface area contributed by atoms with Crippen LogP contribution in [0.5, 0.6) is 0 Å². The van der Waals surface area contributed by atoms with Crippen LogP contribution in [-0.4, -0.2) is 22.5 Å². The Morgan fingerprint density at radius 1 is 1.41 bits per heavy atom. The number of nitrogens with one attached hydrogen (secondary N) is 1. The van der Waals surface area contributed by atoms with Crippen molar-refractivity contribution in [2.75, 3.05) is 6.61 Å². The number of aryl methyl sites for hydroxylation is 1. The summed E-state index contributed by atoms with van der Waals surface area (Å²) in [7, 11) is 0. The van der Waals surface area contributed by atoms with E-state index in [0.29, 0.717) is 29.0 Å². The molecule has 0 saturated carbocycles. The second-order valence-corrected chi connectivity index (χ2v) is 9.58. The van der Waals surface area contributed by atoms with Gasteiger partial charge in [-0.3, -0.25) is 4.79 Å². The summed E-state index contributed by atoms with van der Waals surface area (Å²) in [6, 6.07) is 7.42. The molecule has 1 N–H and O–H groups in total. The molecule has 1 aliphatic rings. The lowest BCUT2D eigenvalue weighted by Gasteiger charge is -2.17. The molecule has 2 heterocycles. The SMILES string of the molecule is CCCOC(=O)c1cccc(CSc2nc3sc4c(c3c(=O)[nH]2)CCC(C)C4)c1. The summed E-state index contributed by atoms with van der Waals surface area (Å²) in [4.78, 5) is 34.6. The van der Waals surface area contributed by atoms with Gasteiger partial charge in [-0.25, -0.2) is 9.78 Å². The summed E-state index contributed by atoms with van der Waals surface area (Å²) in [5.41, 5.74) is 2.70. The average Bonchev–Trinajstić information content (AvgIpc) is 3.08. The molecule has 0 aliphatic heterocycles. The molecule has 4 rings (SSSR count). The topological polar surface area (TPSA) is 72.0 Å². The third-order valence-corrected chi connectivity index (χ3v) is 7.21. The minimum Gasteiger partial charge on any atom is -0.462 e. The highest BCUT2D eigenvalue weighted by molar-refractivity contribution is 7.98. The maximum Gasteiger partial charge on any atom is 0.338 e. The third kappa shape index (κ3) is 4.41. The van der Waals surface area contributed by atoms with E-state index in [1.54, 1.807) is 17.4 Å². The van der Waals surface area contributed by atoms with E-state index < -0.39 is 0 Å². The predicted octanol–water partition coefficient (Wildman–Crippen LogP) is 4.97. The normalized spacial score (nSPS) is 16.0. The van der Waals surface area contributed by atoms with Crippen LogP contribution in [0.2, 0.25) is 0 Å². The number of carbonyl (C=O) groups excluding carboxylic acids is 1. The number of nitrogens with zero attached hydrogens (tertiary/aromatic N) is 1. The van der Waals surface area contributed by atoms with E-state index in [0.717, 1.165) is 41.5 Å². The average molecular weight is 429 g/mol. The number of rotatable bonds is 6. The predicted molar refractivity (Wildman–Crippen MR) is 118 cm³/mol. The third-order valence-electron chi connectivity index (χ3n) is 5.12. The number of hydrogen-bond donors (Lipinski definition) is 1. The Bertz CT molecular complexity index is 1100. The fraction of sp³-hybridized carbons (Fsp3) is 0.409. The van der Waals surface area contributed by atoms with E-state index in [-0.39, 0.29) is 11.5 Å². The number of esters is 1. The summed E-state index contributed by atoms with van der Waals surface area (Å²) >= 11 is 3.14. The van der Waals surface area contributed by atoms with Crippen LogP contribution in [0.25, 0.3) is 10.2 Å². The molecule has 29 heavy (non-hydrogen) atoms. The van der Waals surface area contributed by atoms with Gasteiger partial charge in [-0.05, 0) is 54.9 Å². The molecule has 1 aliphatic carbocycles. The number of aromatic nitrogens is 2. The molecular formula is C22H24N2O3S2. The molecule has 0 fully saturated rings. The van der Waals surface area contributed by atoms with Gasteiger partial charge >= 0.3 is 5.97 Å². The number of ether oxygens (including phenoxy) is 1. The summed E-state index contributed by atoms with van der Waals surface area (Å²) in [5, 5.41) is 1.40. The van der Waals surface area contributed by atoms with Gasteiger partial charge in [0.25, 0.3) is 5.56 Å². The van der Waals surface area contributed by atoms with Crippen LogP contribution in [0.1, 0.15) is 53.1 Å². The van der Waals surface area contributed by atoms with Crippen LogP contribution >= 0.6 is 23.1 Å². The first-order chi connectivity index (χ1) is 14.0. The van der Waals surface area contributed by atoms with Gasteiger partial charge in [-0.2, -0.15) is 0 Å². The monoisotopic (exact) mass is 428 g/mol. The van der Waals surface area contributed by atoms with E-state index in [2.05, 4.69) is 11.9 Å². The molecule has 0 bridgehead atoms. The number of thiophene rings is 1. The second-order valence-electron chi connectivity index (χ2n) is 7.53. The molecule has 0 radical (unpaired) electrons. The largest absolute Gasteiger partial charge is 0.462 e. The Morgan fingerprint density at radius 2 is 2.28 bits per heavy atom. The zero-order chi connectivity index (χ0) is 20.4. The molecule has 1 unspecified atom stereocenters. The highest BCUT2D eigenvalue weighted by atomic mass is 32.2. The Hall–Kier alpha value is -2.12. The van der Waals surface area contributed by atoms with Gasteiger partial charge in [0, 0.05) is 10.6 Å². The van der Waals surface area contributed by atoms with Crippen molar-refractivity contribution in [2.45, 2.75) is 50.4 Å². The van der Waals surface area contributed by atoms with E-state index in [4.69, 9.17) is 9.72 Å². The van der Waals surface area contributed by atoms with Gasteiger partial charge in [-0.1, -0.05) is 37.7 Å². The van der Waals surface area contributed by atoms with Crippen molar-refractivity contribution in [1.82, 2.24) is 9.97 Å². The number of thioether (sulfide) groups is 1. The fourth-order valence-corrected chi connectivity index (χ4v) is 5.86. The van der Waals surface area contributed by atoms with E-state index in [9.17, 15) is 9.59 Å². The van der Waals surface area contributed by atoms with Crippen LogP contribution in [0.4, 0.5) is 0 Å². The molecule has 1 aromatic carbocycles. The van der Waals surface area contributed by atoms with Gasteiger partial charge in [0.1, 0.15) is 4.83 Å². The van der Waals surface area contributed by atoms with Crippen LogP contribution < -0.4 is 5.56 Å². The Kier molecular flexibility index (Phi) is 6.06. The maximum absolute atomic E-state index is 12.7. The number of carbonyl (C=O) groups is 1. The quantitative estimate of drug-likeness (QED) is 0.341. The zero-order valence-electron chi connectivity index (χ0n) is 16.6. The van der Waals surface area contributed by atoms with E-state index in [1.807, 2.05) is 25.1 Å². The van der Waals surface area contributed by atoms with Crippen LogP contribution in [0.15, 0.2) is 34.2 Å². The smallest absolute Gasteiger partial charge is 0.338 e. The minimum absolute atomic E-state index is 0.0403. The maximum atomic E-state index is 12.7. The lowest BCUT2D eigenvalue weighted by Crippen LogP contribution is -2.13. The standard InChI is InChI=1S/C22H24N2O3S2/c1-3-9-27-21(26)15-6-4-5-14(11-15)12-28-22-23-19(25)18-16-8-7-13(2)10-17(16)29-20(18)24-22/h4-6,11,13H,3,7-10,12H2,1-2H3,(H,23,24,25). The molecule has 7 heteroatoms. The van der Waals surface area contributed by atoms with Crippen molar-refractivity contribution in [3.8, 4) is 0 Å². The van der Waals surface area contributed by atoms with Crippen molar-refractivity contribution in [3.63, 3.8) is 0 Å². The lowest BCUT2D eigenvalue weighted by molar-refractivity contribution is 0.0505. The first kappa shape index (κ1) is 20.2. The van der Waals surface area contributed by atoms with Gasteiger partial charge in [0.2, 0.25) is 0 Å². The van der Waals surface area contributed by atoms with Crippen molar-refractivity contribution < 1.29 is 9.53 Å². The number of aromatic amines is 1. The van der Waals surface area contributed by atoms with Crippen molar-refractivity contribution >= 4 is 39.3 Å². The lowest BCUT2D eigenvalue weighted by atomic mass is 9.89. The van der Waals surface area contributed by atoms with Gasteiger partial charge in [-0.15, -0.1) is 11.3 Å². The van der Waals surface area contributed by atoms with Crippen LogP contribution in [-0.2, 0) is 23.3 Å². The summed E-state index contributed by atoms with van der Waals surface area (Å²) in [6.45, 7) is 4.65. The zero-order valence-corrected chi connectivity index (χ0v) is 18.3. The minimum atomic E-state index is -0.301. The Balaban J connectivity index is 1.52. The van der Waals surface area contributed by atoms with Crippen molar-refractivity contribution in [2.24, 2.45) is 5.92 Å². The summed E-state index contributed by atoms with van der Waals surface area (Å²) in [6.07, 6.45) is 3.94. The highest BCUT2D eigenvalue weighted by Gasteiger charge is 2.23. The molecule has 2 aromatic heterocycles. The molecule has 5 nitrogen and oxygen atoms in total. The molecule has 0 spiro atoms. The molecule has 152 valence electrons. The van der Waals surface area contributed by atoms with Crippen LogP contribution in [0.3, 0.4) is 0 Å². The number of H-pyrrole nitrogens is 1. The number of fused-ring (bicyclic) bond motifs is 3. The summed E-state index contributed by atoms with van der Waals surface area (Å²) in [5.74, 6) is 0.982. The van der Waals surface area contributed by atoms with Gasteiger partial charge < -0.3 is 9.72 Å². The van der Waals surface area contributed by atoms with Crippen molar-refractivity contribution in [1.29, 1.82) is 0 Å². The molecule has 0 amide bonds. The van der Waals surface area contributed by atoms with Crippen molar-refractivity contribution in [3.05, 3.63) is 56.2 Å². The number of hydrogen-bond acceptors (Lipinski definition) is 6. The van der Waals surface area contributed by atoms with E-state index >= 15 is 0 Å². The van der Waals surface area contributed by atoms with Crippen LogP contribution in [0, 0.1) is 5.92 Å². The molecule has 1 atom stereocenters. The van der Waals surface area contributed by atoms with Gasteiger partial charge in [0.05, 0.1) is 17.6 Å². The molecule has 0 saturated heterocycles. The first-order valence-electron chi connectivity index (χ1n) is 9.98. The Labute approximate surface area is 177 Å². The Morgan fingerprint density at radius 3 is 3.10 bits per heavy atom. The van der Waals surface area contributed by atoms with E-state index in [1.165, 1.54) is 22.2 Å². The van der Waals surface area contributed by atoms with Gasteiger partial charge in [0.15, 0.2) is 5.16 Å². The first-order valence-corrected chi connectivity index (χ1v) is 11.8. The second kappa shape index (κ2) is 8.71. The molecule has 3 aromatic rings. The number of benzene rings is 1. The summed E-state index contributed by atoms with van der Waals surface area (Å²) < 4.78 is 5.20. The highest BCUT2D eigenvalue weighted by Crippen LogP contribution is 2.36. The fourth-order valence-electron chi connectivity index (χ4n) is 3.62. The molecular weight excluding hydrogens is 404 g/mol.